The highest BCUT2D eigenvalue weighted by Crippen LogP contribution is 2.22. The van der Waals surface area contributed by atoms with Crippen LogP contribution in [0.4, 0.5) is 5.69 Å². The van der Waals surface area contributed by atoms with Crippen molar-refractivity contribution in [3.63, 3.8) is 0 Å². The minimum atomic E-state index is -0.198. The molecule has 1 aromatic heterocycles. The second-order valence-corrected chi connectivity index (χ2v) is 4.90. The zero-order chi connectivity index (χ0) is 14.7. The SMILES string of the molecule is O=C1NCC(=O)N(CCCn2ccnc2)c2ccccc21. The number of para-hydroxylation sites is 1. The molecule has 0 fully saturated rings. The Labute approximate surface area is 122 Å². The third-order valence-electron chi connectivity index (χ3n) is 3.50. The Morgan fingerprint density at radius 2 is 2.05 bits per heavy atom. The van der Waals surface area contributed by atoms with E-state index in [1.54, 1.807) is 29.6 Å². The van der Waals surface area contributed by atoms with Gasteiger partial charge < -0.3 is 14.8 Å². The number of hydrogen-bond acceptors (Lipinski definition) is 3. The van der Waals surface area contributed by atoms with Crippen LogP contribution >= 0.6 is 0 Å². The Balaban J connectivity index is 1.77. The number of carbonyl (C=O) groups is 2. The predicted molar refractivity (Wildman–Crippen MR) is 78.0 cm³/mol. The highest BCUT2D eigenvalue weighted by atomic mass is 16.2. The van der Waals surface area contributed by atoms with Gasteiger partial charge in [-0.15, -0.1) is 0 Å². The van der Waals surface area contributed by atoms with Crippen LogP contribution in [0.15, 0.2) is 43.0 Å². The summed E-state index contributed by atoms with van der Waals surface area (Å²) in [5.41, 5.74) is 1.23. The molecule has 0 spiro atoms. The molecule has 2 amide bonds. The lowest BCUT2D eigenvalue weighted by Crippen LogP contribution is -2.37. The van der Waals surface area contributed by atoms with Crippen LogP contribution in [0.2, 0.25) is 0 Å². The lowest BCUT2D eigenvalue weighted by molar-refractivity contribution is -0.117. The quantitative estimate of drug-likeness (QED) is 0.912. The summed E-state index contributed by atoms with van der Waals surface area (Å²) >= 11 is 0. The first kappa shape index (κ1) is 13.4. The van der Waals surface area contributed by atoms with Crippen molar-refractivity contribution < 1.29 is 9.59 Å². The summed E-state index contributed by atoms with van der Waals surface area (Å²) in [5.74, 6) is -0.282. The normalized spacial score (nSPS) is 14.6. The van der Waals surface area contributed by atoms with Crippen molar-refractivity contribution in [2.45, 2.75) is 13.0 Å². The van der Waals surface area contributed by atoms with Crippen LogP contribution in [0.25, 0.3) is 0 Å². The number of nitrogens with one attached hydrogen (secondary N) is 1. The molecule has 0 aliphatic carbocycles. The second kappa shape index (κ2) is 5.78. The zero-order valence-electron chi connectivity index (χ0n) is 11.5. The molecule has 108 valence electrons. The number of anilines is 1. The highest BCUT2D eigenvalue weighted by Gasteiger charge is 2.25. The highest BCUT2D eigenvalue weighted by molar-refractivity contribution is 6.09. The first-order chi connectivity index (χ1) is 10.3. The Kier molecular flexibility index (Phi) is 3.68. The molecule has 0 radical (unpaired) electrons. The van der Waals surface area contributed by atoms with E-state index < -0.39 is 0 Å². The number of benzene rings is 1. The summed E-state index contributed by atoms with van der Waals surface area (Å²) in [6.45, 7) is 1.40. The van der Waals surface area contributed by atoms with E-state index in [0.717, 1.165) is 13.0 Å². The van der Waals surface area contributed by atoms with Crippen molar-refractivity contribution >= 4 is 17.5 Å². The second-order valence-electron chi connectivity index (χ2n) is 4.90. The molecule has 2 heterocycles. The summed E-state index contributed by atoms with van der Waals surface area (Å²) in [6.07, 6.45) is 6.17. The molecule has 1 aromatic carbocycles. The topological polar surface area (TPSA) is 67.2 Å². The van der Waals surface area contributed by atoms with E-state index in [-0.39, 0.29) is 18.4 Å². The van der Waals surface area contributed by atoms with Gasteiger partial charge in [-0.25, -0.2) is 4.98 Å². The minimum absolute atomic E-state index is 0.0403. The predicted octanol–water partition coefficient (Wildman–Crippen LogP) is 1.05. The molecule has 0 saturated carbocycles. The van der Waals surface area contributed by atoms with Gasteiger partial charge in [-0.05, 0) is 18.6 Å². The van der Waals surface area contributed by atoms with Crippen LogP contribution in [0.5, 0.6) is 0 Å². The summed E-state index contributed by atoms with van der Waals surface area (Å²) in [4.78, 5) is 29.8. The number of amides is 2. The van der Waals surface area contributed by atoms with E-state index in [4.69, 9.17) is 0 Å². The fraction of sp³-hybridized carbons (Fsp3) is 0.267. The van der Waals surface area contributed by atoms with Gasteiger partial charge in [0, 0.05) is 25.5 Å². The fourth-order valence-electron chi connectivity index (χ4n) is 2.46. The van der Waals surface area contributed by atoms with Gasteiger partial charge in [-0.3, -0.25) is 9.59 Å². The first-order valence-corrected chi connectivity index (χ1v) is 6.89. The molecule has 1 N–H and O–H groups in total. The van der Waals surface area contributed by atoms with E-state index >= 15 is 0 Å². The van der Waals surface area contributed by atoms with E-state index in [1.807, 2.05) is 22.9 Å². The van der Waals surface area contributed by atoms with Gasteiger partial charge in [0.25, 0.3) is 5.91 Å². The van der Waals surface area contributed by atoms with E-state index in [0.29, 0.717) is 17.8 Å². The minimum Gasteiger partial charge on any atom is -0.343 e. The molecule has 0 bridgehead atoms. The molecular formula is C15H16N4O2. The standard InChI is InChI=1S/C15H16N4O2/c20-14-10-17-15(21)12-4-1-2-5-13(12)19(14)8-3-7-18-9-6-16-11-18/h1-2,4-6,9,11H,3,7-8,10H2,(H,17,21). The maximum Gasteiger partial charge on any atom is 0.253 e. The Morgan fingerprint density at radius 1 is 1.19 bits per heavy atom. The Bertz CT molecular complexity index is 651. The molecule has 0 atom stereocenters. The molecule has 0 saturated heterocycles. The number of aryl methyl sites for hydroxylation is 1. The van der Waals surface area contributed by atoms with Crippen LogP contribution in [-0.2, 0) is 11.3 Å². The van der Waals surface area contributed by atoms with Crippen molar-refractivity contribution in [2.75, 3.05) is 18.0 Å². The van der Waals surface area contributed by atoms with Gasteiger partial charge in [-0.2, -0.15) is 0 Å². The lowest BCUT2D eigenvalue weighted by Gasteiger charge is -2.22. The first-order valence-electron chi connectivity index (χ1n) is 6.89. The number of nitrogens with zero attached hydrogens (tertiary/aromatic N) is 3. The fourth-order valence-corrected chi connectivity index (χ4v) is 2.46. The van der Waals surface area contributed by atoms with Crippen molar-refractivity contribution in [2.24, 2.45) is 0 Å². The molecular weight excluding hydrogens is 268 g/mol. The molecule has 6 heteroatoms. The largest absolute Gasteiger partial charge is 0.343 e. The van der Waals surface area contributed by atoms with Crippen LogP contribution < -0.4 is 10.2 Å². The Morgan fingerprint density at radius 3 is 2.86 bits per heavy atom. The number of rotatable bonds is 4. The average Bonchev–Trinajstić information content (AvgIpc) is 2.98. The summed E-state index contributed by atoms with van der Waals surface area (Å²) in [6, 6.07) is 7.20. The smallest absolute Gasteiger partial charge is 0.253 e. The number of aromatic nitrogens is 2. The van der Waals surface area contributed by atoms with Crippen LogP contribution in [0.1, 0.15) is 16.8 Å². The van der Waals surface area contributed by atoms with Gasteiger partial charge in [-0.1, -0.05) is 12.1 Å². The number of imidazole rings is 1. The van der Waals surface area contributed by atoms with Gasteiger partial charge in [0.05, 0.1) is 24.1 Å². The molecule has 1 aliphatic rings. The third-order valence-corrected chi connectivity index (χ3v) is 3.50. The number of hydrogen-bond donors (Lipinski definition) is 1. The van der Waals surface area contributed by atoms with Gasteiger partial charge in [0.15, 0.2) is 0 Å². The van der Waals surface area contributed by atoms with Crippen LogP contribution in [0.3, 0.4) is 0 Å². The van der Waals surface area contributed by atoms with Crippen LogP contribution in [-0.4, -0.2) is 34.5 Å². The summed E-state index contributed by atoms with van der Waals surface area (Å²) in [7, 11) is 0. The molecule has 1 aliphatic heterocycles. The monoisotopic (exact) mass is 284 g/mol. The lowest BCUT2D eigenvalue weighted by atomic mass is 10.1. The van der Waals surface area contributed by atoms with E-state index in [2.05, 4.69) is 10.3 Å². The van der Waals surface area contributed by atoms with Gasteiger partial charge in [0.1, 0.15) is 0 Å². The summed E-state index contributed by atoms with van der Waals surface area (Å²) in [5, 5.41) is 2.64. The third kappa shape index (κ3) is 2.79. The van der Waals surface area contributed by atoms with E-state index in [9.17, 15) is 9.59 Å². The van der Waals surface area contributed by atoms with Crippen molar-refractivity contribution in [3.05, 3.63) is 48.5 Å². The molecule has 0 unspecified atom stereocenters. The van der Waals surface area contributed by atoms with Crippen molar-refractivity contribution in [1.29, 1.82) is 0 Å². The molecule has 21 heavy (non-hydrogen) atoms. The van der Waals surface area contributed by atoms with E-state index in [1.165, 1.54) is 0 Å². The van der Waals surface area contributed by atoms with Crippen molar-refractivity contribution in [3.8, 4) is 0 Å². The number of carbonyl (C=O) groups excluding carboxylic acids is 2. The van der Waals surface area contributed by atoms with Crippen LogP contribution in [0, 0.1) is 0 Å². The summed E-state index contributed by atoms with van der Waals surface area (Å²) < 4.78 is 1.97. The number of fused-ring (bicyclic) bond motifs is 1. The zero-order valence-corrected chi connectivity index (χ0v) is 11.5. The van der Waals surface area contributed by atoms with Gasteiger partial charge >= 0.3 is 0 Å². The maximum atomic E-state index is 12.2. The maximum absolute atomic E-state index is 12.2. The molecule has 3 rings (SSSR count). The average molecular weight is 284 g/mol. The van der Waals surface area contributed by atoms with Gasteiger partial charge in [0.2, 0.25) is 5.91 Å². The van der Waals surface area contributed by atoms with Crippen molar-refractivity contribution in [1.82, 2.24) is 14.9 Å². The molecule has 6 nitrogen and oxygen atoms in total. The Hall–Kier alpha value is -2.63. The molecule has 2 aromatic rings.